The summed E-state index contributed by atoms with van der Waals surface area (Å²) < 4.78 is 31.2. The maximum atomic E-state index is 12.5. The molecule has 1 aromatic heterocycles. The van der Waals surface area contributed by atoms with Crippen molar-refractivity contribution in [2.45, 2.75) is 43.4 Å². The Labute approximate surface area is 186 Å². The molecule has 3 rings (SSSR count). The number of sulfonamides is 1. The summed E-state index contributed by atoms with van der Waals surface area (Å²) in [5.41, 5.74) is 6.10. The Morgan fingerprint density at radius 2 is 1.68 bits per heavy atom. The van der Waals surface area contributed by atoms with Gasteiger partial charge in [-0.1, -0.05) is 12.8 Å². The van der Waals surface area contributed by atoms with Crippen molar-refractivity contribution in [2.75, 3.05) is 21.2 Å². The van der Waals surface area contributed by atoms with Gasteiger partial charge in [-0.25, -0.2) is 12.7 Å². The van der Waals surface area contributed by atoms with Crippen molar-refractivity contribution in [3.8, 4) is 5.75 Å². The summed E-state index contributed by atoms with van der Waals surface area (Å²) >= 11 is 1.46. The predicted molar refractivity (Wildman–Crippen MR) is 119 cm³/mol. The van der Waals surface area contributed by atoms with Gasteiger partial charge in [0.2, 0.25) is 10.0 Å². The second-order valence-corrected chi connectivity index (χ2v) is 10.8. The lowest BCUT2D eigenvalue weighted by Crippen LogP contribution is -2.41. The van der Waals surface area contributed by atoms with Crippen molar-refractivity contribution in [3.05, 3.63) is 45.1 Å². The molecule has 1 aliphatic carbocycles. The van der Waals surface area contributed by atoms with Gasteiger partial charge in [0.1, 0.15) is 10.6 Å². The van der Waals surface area contributed by atoms with Gasteiger partial charge in [-0.3, -0.25) is 20.4 Å². The average molecular weight is 466 g/mol. The van der Waals surface area contributed by atoms with Gasteiger partial charge in [-0.2, -0.15) is 0 Å². The van der Waals surface area contributed by atoms with Gasteiger partial charge < -0.3 is 4.74 Å². The fourth-order valence-electron chi connectivity index (χ4n) is 3.42. The van der Waals surface area contributed by atoms with E-state index in [4.69, 9.17) is 4.74 Å². The number of methoxy groups -OCH3 is 1. The van der Waals surface area contributed by atoms with Crippen molar-refractivity contribution < 1.29 is 22.7 Å². The minimum atomic E-state index is -3.82. The number of nitrogens with one attached hydrogen (secondary N) is 2. The van der Waals surface area contributed by atoms with Crippen molar-refractivity contribution >= 4 is 33.2 Å². The molecule has 0 aliphatic heterocycles. The van der Waals surface area contributed by atoms with Crippen LogP contribution in [0.4, 0.5) is 0 Å². The van der Waals surface area contributed by atoms with Crippen LogP contribution in [0, 0.1) is 0 Å². The zero-order chi connectivity index (χ0) is 22.6. The molecule has 8 nitrogen and oxygen atoms in total. The number of hydrogen-bond donors (Lipinski definition) is 2. The molecule has 1 aliphatic rings. The summed E-state index contributed by atoms with van der Waals surface area (Å²) in [6, 6.07) is 5.98. The smallest absolute Gasteiger partial charge is 0.279 e. The summed E-state index contributed by atoms with van der Waals surface area (Å²) in [7, 11) is 0.331. The number of aryl methyl sites for hydroxylation is 2. The largest absolute Gasteiger partial charge is 0.495 e. The molecule has 0 saturated carbocycles. The van der Waals surface area contributed by atoms with E-state index < -0.39 is 15.9 Å². The topological polar surface area (TPSA) is 105 Å². The van der Waals surface area contributed by atoms with Crippen LogP contribution in [-0.2, 0) is 22.9 Å². The van der Waals surface area contributed by atoms with Crippen molar-refractivity contribution in [1.29, 1.82) is 0 Å². The van der Waals surface area contributed by atoms with Crippen LogP contribution in [0.25, 0.3) is 0 Å². The lowest BCUT2D eigenvalue weighted by molar-refractivity contribution is 0.0848. The van der Waals surface area contributed by atoms with Crippen LogP contribution in [0.15, 0.2) is 29.2 Å². The first kappa shape index (κ1) is 23.2. The first-order valence-electron chi connectivity index (χ1n) is 10.1. The van der Waals surface area contributed by atoms with Crippen LogP contribution in [0.3, 0.4) is 0 Å². The molecule has 0 atom stereocenters. The maximum absolute atomic E-state index is 12.5. The van der Waals surface area contributed by atoms with Gasteiger partial charge in [-0.05, 0) is 55.5 Å². The highest BCUT2D eigenvalue weighted by Gasteiger charge is 2.24. The van der Waals surface area contributed by atoms with Crippen molar-refractivity contribution in [1.82, 2.24) is 15.2 Å². The second-order valence-electron chi connectivity index (χ2n) is 7.53. The highest BCUT2D eigenvalue weighted by molar-refractivity contribution is 7.89. The molecule has 31 heavy (non-hydrogen) atoms. The molecule has 1 aromatic carbocycles. The van der Waals surface area contributed by atoms with Gasteiger partial charge in [0.05, 0.1) is 12.0 Å². The number of fused-ring (bicyclic) bond motifs is 1. The van der Waals surface area contributed by atoms with Crippen molar-refractivity contribution in [2.24, 2.45) is 0 Å². The third-order valence-electron chi connectivity index (χ3n) is 5.19. The van der Waals surface area contributed by atoms with Gasteiger partial charge in [0, 0.05) is 24.5 Å². The number of thiophene rings is 1. The summed E-state index contributed by atoms with van der Waals surface area (Å²) in [6.07, 6.45) is 6.62. The minimum absolute atomic E-state index is 0.0833. The lowest BCUT2D eigenvalue weighted by Gasteiger charge is -2.15. The molecule has 2 N–H and O–H groups in total. The molecule has 0 fully saturated rings. The Kier molecular flexibility index (Phi) is 7.34. The Morgan fingerprint density at radius 3 is 2.35 bits per heavy atom. The predicted octanol–water partition coefficient (Wildman–Crippen LogP) is 2.74. The standard InChI is InChI=1S/C21H27N3O5S2/c1-24(2)31(27,28)19-13-15(10-11-16(19)29-3)20(25)22-23-21(26)18-12-14-8-6-4-5-7-9-17(14)30-18/h10-13H,4-9H2,1-3H3,(H,22,25)(H,23,26). The van der Waals surface area contributed by atoms with E-state index in [1.165, 1.54) is 74.0 Å². The summed E-state index contributed by atoms with van der Waals surface area (Å²) in [5.74, 6) is -0.883. The normalized spacial score (nSPS) is 14.3. The minimum Gasteiger partial charge on any atom is -0.495 e. The molecular weight excluding hydrogens is 438 g/mol. The number of carbonyl (C=O) groups is 2. The Morgan fingerprint density at radius 1 is 1.00 bits per heavy atom. The highest BCUT2D eigenvalue weighted by atomic mass is 32.2. The quantitative estimate of drug-likeness (QED) is 0.661. The zero-order valence-corrected chi connectivity index (χ0v) is 19.5. The Hall–Kier alpha value is -2.43. The molecule has 0 unspecified atom stereocenters. The van der Waals surface area contributed by atoms with Crippen LogP contribution in [-0.4, -0.2) is 45.7 Å². The number of carbonyl (C=O) groups excluding carboxylic acids is 2. The van der Waals surface area contributed by atoms with Crippen LogP contribution in [0.5, 0.6) is 5.75 Å². The molecule has 0 radical (unpaired) electrons. The molecule has 10 heteroatoms. The Bertz CT molecular complexity index is 1050. The summed E-state index contributed by atoms with van der Waals surface area (Å²) in [5, 5.41) is 0. The lowest BCUT2D eigenvalue weighted by atomic mass is 10.00. The van der Waals surface area contributed by atoms with Crippen LogP contribution in [0.1, 0.15) is 56.2 Å². The van der Waals surface area contributed by atoms with E-state index in [2.05, 4.69) is 10.9 Å². The van der Waals surface area contributed by atoms with E-state index in [-0.39, 0.29) is 22.1 Å². The molecule has 1 heterocycles. The van der Waals surface area contributed by atoms with Crippen LogP contribution < -0.4 is 15.6 Å². The van der Waals surface area contributed by atoms with E-state index in [1.54, 1.807) is 0 Å². The fourth-order valence-corrected chi connectivity index (χ4v) is 5.64. The van der Waals surface area contributed by atoms with E-state index in [9.17, 15) is 18.0 Å². The van der Waals surface area contributed by atoms with Gasteiger partial charge in [-0.15, -0.1) is 11.3 Å². The van der Waals surface area contributed by atoms with Crippen LogP contribution >= 0.6 is 11.3 Å². The number of hydrazine groups is 1. The number of ether oxygens (including phenoxy) is 1. The maximum Gasteiger partial charge on any atom is 0.279 e. The zero-order valence-electron chi connectivity index (χ0n) is 17.9. The fraction of sp³-hybridized carbons (Fsp3) is 0.429. The number of benzene rings is 1. The first-order valence-corrected chi connectivity index (χ1v) is 12.3. The Balaban J connectivity index is 1.72. The molecule has 2 amide bonds. The first-order chi connectivity index (χ1) is 14.7. The SMILES string of the molecule is COc1ccc(C(=O)NNC(=O)c2cc3c(s2)CCCCCC3)cc1S(=O)(=O)N(C)C. The van der Waals surface area contributed by atoms with E-state index in [0.717, 1.165) is 30.0 Å². The molecular formula is C21H27N3O5S2. The van der Waals surface area contributed by atoms with Gasteiger partial charge in [0.25, 0.3) is 11.8 Å². The summed E-state index contributed by atoms with van der Waals surface area (Å²) in [6.45, 7) is 0. The average Bonchev–Trinajstić information content (AvgIpc) is 3.13. The van der Waals surface area contributed by atoms with Gasteiger partial charge in [0.15, 0.2) is 0 Å². The number of rotatable bonds is 5. The van der Waals surface area contributed by atoms with E-state index >= 15 is 0 Å². The third-order valence-corrected chi connectivity index (χ3v) is 8.27. The number of hydrogen-bond acceptors (Lipinski definition) is 6. The molecule has 2 aromatic rings. The number of nitrogens with zero attached hydrogens (tertiary/aromatic N) is 1. The second kappa shape index (κ2) is 9.80. The monoisotopic (exact) mass is 465 g/mol. The highest BCUT2D eigenvalue weighted by Crippen LogP contribution is 2.29. The van der Waals surface area contributed by atoms with E-state index in [0.29, 0.717) is 4.88 Å². The molecule has 0 saturated heterocycles. The molecule has 168 valence electrons. The van der Waals surface area contributed by atoms with E-state index in [1.807, 2.05) is 6.07 Å². The number of amides is 2. The molecule has 0 spiro atoms. The summed E-state index contributed by atoms with van der Waals surface area (Å²) in [4.78, 5) is 26.8. The van der Waals surface area contributed by atoms with Gasteiger partial charge >= 0.3 is 0 Å². The third kappa shape index (κ3) is 5.25. The molecule has 0 bridgehead atoms. The van der Waals surface area contributed by atoms with Crippen LogP contribution in [0.2, 0.25) is 0 Å². The van der Waals surface area contributed by atoms with Crippen molar-refractivity contribution in [3.63, 3.8) is 0 Å².